The van der Waals surface area contributed by atoms with Crippen LogP contribution in [0, 0.1) is 6.92 Å². The summed E-state index contributed by atoms with van der Waals surface area (Å²) in [5, 5.41) is 3.05. The van der Waals surface area contributed by atoms with Crippen molar-refractivity contribution in [1.82, 2.24) is 10.2 Å². The van der Waals surface area contributed by atoms with Crippen LogP contribution in [0.25, 0.3) is 0 Å². The highest BCUT2D eigenvalue weighted by molar-refractivity contribution is 9.10. The van der Waals surface area contributed by atoms with Gasteiger partial charge in [0.1, 0.15) is 18.3 Å². The number of aryl methyl sites for hydroxylation is 1. The van der Waals surface area contributed by atoms with Crippen molar-refractivity contribution >= 4 is 43.5 Å². The lowest BCUT2D eigenvalue weighted by molar-refractivity contribution is -0.140. The summed E-state index contributed by atoms with van der Waals surface area (Å²) in [7, 11) is -2.79. The number of nitrogens with one attached hydrogen (secondary N) is 1. The fourth-order valence-corrected chi connectivity index (χ4v) is 6.66. The van der Waals surface area contributed by atoms with Crippen molar-refractivity contribution in [2.24, 2.45) is 0 Å². The summed E-state index contributed by atoms with van der Waals surface area (Å²) in [5.74, 6) is -0.556. The number of nitrogens with zero attached hydrogens (tertiary/aromatic N) is 2. The Labute approximate surface area is 280 Å². The minimum Gasteiger partial charge on any atom is -0.495 e. The lowest BCUT2D eigenvalue weighted by Crippen LogP contribution is -2.54. The van der Waals surface area contributed by atoms with E-state index >= 15 is 0 Å². The Bertz CT molecular complexity index is 1720. The Balaban J connectivity index is 1.83. The number of methoxy groups -OCH3 is 1. The third-order valence-corrected chi connectivity index (χ3v) is 10.1. The van der Waals surface area contributed by atoms with E-state index in [0.717, 1.165) is 25.5 Å². The molecule has 0 bridgehead atoms. The average Bonchev–Trinajstić information content (AvgIpc) is 3.06. The number of benzene rings is 4. The average molecular weight is 707 g/mol. The molecular formula is C36H40BrN3O5S. The van der Waals surface area contributed by atoms with Gasteiger partial charge in [0.05, 0.1) is 17.7 Å². The molecule has 0 radical (unpaired) electrons. The van der Waals surface area contributed by atoms with Crippen molar-refractivity contribution in [1.29, 1.82) is 0 Å². The molecule has 0 aliphatic carbocycles. The number of hydrogen-bond acceptors (Lipinski definition) is 5. The van der Waals surface area contributed by atoms with Gasteiger partial charge in [-0.3, -0.25) is 13.9 Å². The monoisotopic (exact) mass is 705 g/mol. The van der Waals surface area contributed by atoms with E-state index in [1.165, 1.54) is 24.1 Å². The van der Waals surface area contributed by atoms with Gasteiger partial charge in [-0.15, -0.1) is 0 Å². The highest BCUT2D eigenvalue weighted by Crippen LogP contribution is 2.33. The molecule has 0 aromatic heterocycles. The van der Waals surface area contributed by atoms with Gasteiger partial charge < -0.3 is 15.0 Å². The number of amides is 2. The number of para-hydroxylation sites is 2. The van der Waals surface area contributed by atoms with E-state index < -0.39 is 28.5 Å². The maximum Gasteiger partial charge on any atom is 0.264 e. The standard InChI is InChI=1S/C36H40BrN3O5S/c1-5-27(3)38-36(42)33(23-28-11-7-6-8-12-28)39(24-29-17-19-30(37)20-18-29)35(41)25-40(32-13-9-10-14-34(32)45-4)46(43,44)31-21-15-26(2)16-22-31/h6-22,27,33H,5,23-25H2,1-4H3,(H,38,42)/t27-,33-/m1/s1. The molecule has 0 aliphatic heterocycles. The van der Waals surface area contributed by atoms with E-state index in [-0.39, 0.29) is 35.5 Å². The topological polar surface area (TPSA) is 96.0 Å². The second-order valence-electron chi connectivity index (χ2n) is 11.2. The molecule has 1 N–H and O–H groups in total. The fraction of sp³-hybridized carbons (Fsp3) is 0.278. The molecule has 46 heavy (non-hydrogen) atoms. The van der Waals surface area contributed by atoms with Gasteiger partial charge in [0.2, 0.25) is 11.8 Å². The van der Waals surface area contributed by atoms with E-state index in [1.807, 2.05) is 75.4 Å². The Morgan fingerprint density at radius 3 is 2.13 bits per heavy atom. The third kappa shape index (κ3) is 8.76. The van der Waals surface area contributed by atoms with Gasteiger partial charge in [-0.05, 0) is 67.8 Å². The maximum atomic E-state index is 14.6. The quantitative estimate of drug-likeness (QED) is 0.161. The SMILES string of the molecule is CC[C@@H](C)NC(=O)[C@@H](Cc1ccccc1)N(Cc1ccc(Br)cc1)C(=O)CN(c1ccccc1OC)S(=O)(=O)c1ccc(C)cc1. The smallest absolute Gasteiger partial charge is 0.264 e. The van der Waals surface area contributed by atoms with Gasteiger partial charge in [-0.25, -0.2) is 8.42 Å². The van der Waals surface area contributed by atoms with E-state index in [1.54, 1.807) is 36.4 Å². The van der Waals surface area contributed by atoms with Gasteiger partial charge in [-0.2, -0.15) is 0 Å². The second-order valence-corrected chi connectivity index (χ2v) is 13.9. The molecular weight excluding hydrogens is 666 g/mol. The molecule has 10 heteroatoms. The van der Waals surface area contributed by atoms with Crippen LogP contribution in [0.5, 0.6) is 5.75 Å². The maximum absolute atomic E-state index is 14.6. The molecule has 0 spiro atoms. The summed E-state index contributed by atoms with van der Waals surface area (Å²) >= 11 is 3.46. The first-order valence-corrected chi connectivity index (χ1v) is 17.4. The van der Waals surface area contributed by atoms with Crippen molar-refractivity contribution in [2.75, 3.05) is 18.0 Å². The first kappa shape index (κ1) is 34.7. The van der Waals surface area contributed by atoms with Crippen molar-refractivity contribution in [3.63, 3.8) is 0 Å². The second kappa shape index (κ2) is 15.9. The summed E-state index contributed by atoms with van der Waals surface area (Å²) < 4.78 is 36.0. The van der Waals surface area contributed by atoms with Crippen LogP contribution in [-0.4, -0.2) is 50.9 Å². The van der Waals surface area contributed by atoms with Gasteiger partial charge in [0.15, 0.2) is 0 Å². The zero-order valence-electron chi connectivity index (χ0n) is 26.5. The zero-order valence-corrected chi connectivity index (χ0v) is 28.9. The molecule has 4 rings (SSSR count). The highest BCUT2D eigenvalue weighted by Gasteiger charge is 2.35. The Kier molecular flexibility index (Phi) is 12.0. The van der Waals surface area contributed by atoms with Gasteiger partial charge in [0, 0.05) is 23.5 Å². The van der Waals surface area contributed by atoms with Crippen LogP contribution < -0.4 is 14.4 Å². The molecule has 0 aliphatic rings. The molecule has 4 aromatic carbocycles. The van der Waals surface area contributed by atoms with Crippen molar-refractivity contribution < 1.29 is 22.7 Å². The molecule has 4 aromatic rings. The van der Waals surface area contributed by atoms with Gasteiger partial charge in [-0.1, -0.05) is 95.1 Å². The summed E-state index contributed by atoms with van der Waals surface area (Å²) in [6.45, 7) is 5.28. The lowest BCUT2D eigenvalue weighted by atomic mass is 10.0. The number of ether oxygens (including phenoxy) is 1. The highest BCUT2D eigenvalue weighted by atomic mass is 79.9. The van der Waals surface area contributed by atoms with Crippen LogP contribution in [-0.2, 0) is 32.6 Å². The molecule has 0 saturated carbocycles. The molecule has 2 atom stereocenters. The predicted molar refractivity (Wildman–Crippen MR) is 185 cm³/mol. The normalized spacial score (nSPS) is 12.5. The summed E-state index contributed by atoms with van der Waals surface area (Å²) in [4.78, 5) is 30.1. The minimum absolute atomic E-state index is 0.0339. The first-order valence-electron chi connectivity index (χ1n) is 15.1. The van der Waals surface area contributed by atoms with Crippen LogP contribution in [0.3, 0.4) is 0 Å². The van der Waals surface area contributed by atoms with Crippen molar-refractivity contribution in [3.05, 3.63) is 124 Å². The summed E-state index contributed by atoms with van der Waals surface area (Å²) in [6.07, 6.45) is 0.950. The molecule has 0 saturated heterocycles. The number of halogens is 1. The van der Waals surface area contributed by atoms with E-state index in [0.29, 0.717) is 12.2 Å². The molecule has 0 fully saturated rings. The van der Waals surface area contributed by atoms with Crippen molar-refractivity contribution in [3.8, 4) is 5.75 Å². The minimum atomic E-state index is -4.24. The molecule has 0 heterocycles. The third-order valence-electron chi connectivity index (χ3n) is 7.78. The van der Waals surface area contributed by atoms with Crippen LogP contribution in [0.15, 0.2) is 112 Å². The number of carbonyl (C=O) groups excluding carboxylic acids is 2. The zero-order chi connectivity index (χ0) is 33.3. The number of rotatable bonds is 14. The number of carbonyl (C=O) groups is 2. The van der Waals surface area contributed by atoms with Crippen LogP contribution in [0.2, 0.25) is 0 Å². The number of anilines is 1. The van der Waals surface area contributed by atoms with Gasteiger partial charge in [0.25, 0.3) is 10.0 Å². The summed E-state index contributed by atoms with van der Waals surface area (Å²) in [6, 6.07) is 29.1. The molecule has 8 nitrogen and oxygen atoms in total. The predicted octanol–water partition coefficient (Wildman–Crippen LogP) is 6.52. The summed E-state index contributed by atoms with van der Waals surface area (Å²) in [5.41, 5.74) is 2.77. The lowest BCUT2D eigenvalue weighted by Gasteiger charge is -2.34. The van der Waals surface area contributed by atoms with Gasteiger partial charge >= 0.3 is 0 Å². The number of hydrogen-bond donors (Lipinski definition) is 1. The van der Waals surface area contributed by atoms with E-state index in [9.17, 15) is 18.0 Å². The van der Waals surface area contributed by atoms with Crippen molar-refractivity contribution in [2.45, 2.75) is 57.1 Å². The Morgan fingerprint density at radius 2 is 1.50 bits per heavy atom. The number of sulfonamides is 1. The largest absolute Gasteiger partial charge is 0.495 e. The molecule has 2 amide bonds. The van der Waals surface area contributed by atoms with Crippen LogP contribution in [0.4, 0.5) is 5.69 Å². The molecule has 242 valence electrons. The fourth-order valence-electron chi connectivity index (χ4n) is 4.97. The Morgan fingerprint density at radius 1 is 0.870 bits per heavy atom. The van der Waals surface area contributed by atoms with Crippen LogP contribution >= 0.6 is 15.9 Å². The Hall–Kier alpha value is -4.15. The molecule has 0 unspecified atom stereocenters. The van der Waals surface area contributed by atoms with Crippen LogP contribution in [0.1, 0.15) is 37.0 Å². The van der Waals surface area contributed by atoms with E-state index in [2.05, 4.69) is 21.2 Å². The van der Waals surface area contributed by atoms with E-state index in [4.69, 9.17) is 4.74 Å². The first-order chi connectivity index (χ1) is 22.0.